The van der Waals surface area contributed by atoms with E-state index in [2.05, 4.69) is 4.98 Å². The van der Waals surface area contributed by atoms with Crippen LogP contribution in [0.4, 0.5) is 0 Å². The molecule has 1 N–H and O–H groups in total. The Morgan fingerprint density at radius 3 is 2.85 bits per heavy atom. The summed E-state index contributed by atoms with van der Waals surface area (Å²) < 4.78 is 11.4. The third-order valence-electron chi connectivity index (χ3n) is 6.40. The first kappa shape index (κ1) is 18.2. The van der Waals surface area contributed by atoms with Crippen LogP contribution in [0.25, 0.3) is 10.9 Å². The predicted octanol–water partition coefficient (Wildman–Crippen LogP) is 2.64. The number of aryl methyl sites for hydroxylation is 1. The number of hydrogen-bond acceptors (Lipinski definition) is 4. The maximum absolute atomic E-state index is 13.3. The van der Waals surface area contributed by atoms with Gasteiger partial charge in [-0.25, -0.2) is 0 Å². The van der Waals surface area contributed by atoms with Gasteiger partial charge in [0.15, 0.2) is 0 Å². The van der Waals surface area contributed by atoms with Crippen LogP contribution in [0.15, 0.2) is 29.2 Å². The van der Waals surface area contributed by atoms with Gasteiger partial charge in [-0.05, 0) is 44.7 Å². The summed E-state index contributed by atoms with van der Waals surface area (Å²) in [5.74, 6) is -0.222. The minimum Gasteiger partial charge on any atom is -0.381 e. The molecular formula is C21H26N2O4. The fraction of sp³-hybridized carbons (Fsp3) is 0.524. The van der Waals surface area contributed by atoms with E-state index in [0.29, 0.717) is 11.9 Å². The number of ether oxygens (including phenoxy) is 2. The molecule has 1 aliphatic carbocycles. The molecule has 2 aromatic rings. The number of nitrogens with one attached hydrogen (secondary N) is 1. The van der Waals surface area contributed by atoms with Crippen molar-refractivity contribution in [2.45, 2.75) is 50.4 Å². The van der Waals surface area contributed by atoms with Gasteiger partial charge < -0.3 is 19.4 Å². The van der Waals surface area contributed by atoms with E-state index in [1.807, 2.05) is 30.0 Å². The van der Waals surface area contributed by atoms with Crippen molar-refractivity contribution < 1.29 is 14.3 Å². The fourth-order valence-corrected chi connectivity index (χ4v) is 4.77. The molecule has 6 nitrogen and oxygen atoms in total. The van der Waals surface area contributed by atoms with Crippen molar-refractivity contribution in [3.8, 4) is 0 Å². The van der Waals surface area contributed by atoms with Crippen molar-refractivity contribution in [1.82, 2.24) is 9.88 Å². The average molecular weight is 370 g/mol. The van der Waals surface area contributed by atoms with Crippen LogP contribution in [-0.4, -0.2) is 54.3 Å². The van der Waals surface area contributed by atoms with Gasteiger partial charge in [0, 0.05) is 37.9 Å². The molecule has 4 rings (SSSR count). The molecule has 6 heteroatoms. The minimum atomic E-state index is -0.328. The molecule has 2 heterocycles. The van der Waals surface area contributed by atoms with Gasteiger partial charge in [-0.3, -0.25) is 9.59 Å². The summed E-state index contributed by atoms with van der Waals surface area (Å²) >= 11 is 0. The lowest BCUT2D eigenvalue weighted by molar-refractivity contribution is -0.0893. The fourth-order valence-electron chi connectivity index (χ4n) is 4.77. The third-order valence-corrected chi connectivity index (χ3v) is 6.40. The number of hydrogen-bond donors (Lipinski definition) is 1. The molecule has 1 aromatic carbocycles. The first-order valence-electron chi connectivity index (χ1n) is 9.50. The minimum absolute atomic E-state index is 0.0682. The van der Waals surface area contributed by atoms with Gasteiger partial charge in [-0.15, -0.1) is 0 Å². The maximum Gasteiger partial charge on any atom is 0.259 e. The van der Waals surface area contributed by atoms with Crippen LogP contribution in [0.5, 0.6) is 0 Å². The zero-order chi connectivity index (χ0) is 19.2. The summed E-state index contributed by atoms with van der Waals surface area (Å²) in [6.07, 6.45) is 4.99. The van der Waals surface area contributed by atoms with Crippen molar-refractivity contribution >= 4 is 16.8 Å². The van der Waals surface area contributed by atoms with E-state index in [1.165, 1.54) is 0 Å². The van der Waals surface area contributed by atoms with Crippen molar-refractivity contribution in [2.24, 2.45) is 0 Å². The summed E-state index contributed by atoms with van der Waals surface area (Å²) in [7, 11) is 3.43. The summed E-state index contributed by atoms with van der Waals surface area (Å²) in [4.78, 5) is 31.2. The number of rotatable bonds is 3. The summed E-state index contributed by atoms with van der Waals surface area (Å²) in [5, 5.41) is 0.552. The molecule has 1 aliphatic heterocycles. The summed E-state index contributed by atoms with van der Waals surface area (Å²) in [5.41, 5.74) is 1.38. The molecular weight excluding hydrogens is 344 g/mol. The molecule has 0 spiro atoms. The zero-order valence-corrected chi connectivity index (χ0v) is 16.1. The Morgan fingerprint density at radius 1 is 1.30 bits per heavy atom. The Kier molecular flexibility index (Phi) is 4.56. The largest absolute Gasteiger partial charge is 0.381 e. The number of aromatic nitrogens is 1. The zero-order valence-electron chi connectivity index (χ0n) is 16.1. The Balaban J connectivity index is 1.71. The number of carbonyl (C=O) groups is 1. The van der Waals surface area contributed by atoms with Crippen LogP contribution in [-0.2, 0) is 9.47 Å². The molecule has 2 fully saturated rings. The van der Waals surface area contributed by atoms with Crippen LogP contribution < -0.4 is 5.43 Å². The van der Waals surface area contributed by atoms with E-state index in [9.17, 15) is 9.59 Å². The highest BCUT2D eigenvalue weighted by Gasteiger charge is 2.52. The van der Waals surface area contributed by atoms with Gasteiger partial charge in [-0.1, -0.05) is 11.6 Å². The highest BCUT2D eigenvalue weighted by atomic mass is 16.5. The molecule has 144 valence electrons. The molecule has 1 saturated heterocycles. The summed E-state index contributed by atoms with van der Waals surface area (Å²) in [6.45, 7) is 2.53. The number of likely N-dealkylation sites (tertiary alicyclic amines) is 1. The first-order valence-corrected chi connectivity index (χ1v) is 9.50. The number of carbonyl (C=O) groups excluding carboxylic acids is 1. The molecule has 1 aromatic heterocycles. The second kappa shape index (κ2) is 6.77. The number of fused-ring (bicyclic) bond motifs is 2. The van der Waals surface area contributed by atoms with Gasteiger partial charge in [-0.2, -0.15) is 0 Å². The van der Waals surface area contributed by atoms with Crippen molar-refractivity contribution in [1.29, 1.82) is 0 Å². The molecule has 0 unspecified atom stereocenters. The number of benzene rings is 1. The highest BCUT2D eigenvalue weighted by Crippen LogP contribution is 2.43. The van der Waals surface area contributed by atoms with Gasteiger partial charge in [0.05, 0.1) is 17.7 Å². The Bertz CT molecular complexity index is 937. The number of H-pyrrole nitrogens is 1. The topological polar surface area (TPSA) is 71.6 Å². The number of nitrogens with zero attached hydrogens (tertiary/aromatic N) is 1. The normalized spacial score (nSPS) is 27.7. The number of aromatic amines is 1. The van der Waals surface area contributed by atoms with Crippen molar-refractivity contribution in [2.75, 3.05) is 20.8 Å². The van der Waals surface area contributed by atoms with Gasteiger partial charge in [0.25, 0.3) is 5.91 Å². The lowest BCUT2D eigenvalue weighted by Crippen LogP contribution is -2.53. The second-order valence-corrected chi connectivity index (χ2v) is 7.75. The van der Waals surface area contributed by atoms with E-state index in [-0.39, 0.29) is 34.6 Å². The lowest BCUT2D eigenvalue weighted by Gasteiger charge is -2.43. The standard InChI is InChI=1S/C21H26N2O4/c1-13-4-5-17-15(10-13)19(24)16(12-22-17)20(25)23-9-8-21(27-3)7-6-14(26-2)11-18(21)23/h4-5,10,12,14,18H,6-9,11H2,1-3H3,(H,22,24)/t14-,18-,21+/m0/s1. The molecule has 3 atom stereocenters. The monoisotopic (exact) mass is 370 g/mol. The highest BCUT2D eigenvalue weighted by molar-refractivity contribution is 5.97. The van der Waals surface area contributed by atoms with Crippen molar-refractivity contribution in [3.63, 3.8) is 0 Å². The Hall–Kier alpha value is -2.18. The molecule has 0 bridgehead atoms. The Morgan fingerprint density at radius 2 is 2.11 bits per heavy atom. The molecule has 2 aliphatic rings. The van der Waals surface area contributed by atoms with Crippen LogP contribution in [0.2, 0.25) is 0 Å². The van der Waals surface area contributed by atoms with Crippen molar-refractivity contribution in [3.05, 3.63) is 45.7 Å². The molecule has 27 heavy (non-hydrogen) atoms. The first-order chi connectivity index (χ1) is 13.0. The number of methoxy groups -OCH3 is 2. The molecule has 1 amide bonds. The number of amides is 1. The maximum atomic E-state index is 13.3. The molecule has 1 saturated carbocycles. The predicted molar refractivity (Wildman–Crippen MR) is 103 cm³/mol. The van der Waals surface area contributed by atoms with E-state index < -0.39 is 0 Å². The van der Waals surface area contributed by atoms with Gasteiger partial charge in [0.2, 0.25) is 5.43 Å². The van der Waals surface area contributed by atoms with E-state index in [1.54, 1.807) is 20.4 Å². The smallest absolute Gasteiger partial charge is 0.259 e. The van der Waals surface area contributed by atoms with Crippen LogP contribution >= 0.6 is 0 Å². The quantitative estimate of drug-likeness (QED) is 0.902. The third kappa shape index (κ3) is 2.87. The van der Waals surface area contributed by atoms with Gasteiger partial charge in [0.1, 0.15) is 5.56 Å². The average Bonchev–Trinajstić information content (AvgIpc) is 3.07. The molecule has 0 radical (unpaired) electrons. The van der Waals surface area contributed by atoms with Crippen LogP contribution in [0.1, 0.15) is 41.6 Å². The van der Waals surface area contributed by atoms with Crippen LogP contribution in [0, 0.1) is 6.92 Å². The van der Waals surface area contributed by atoms with E-state index in [0.717, 1.165) is 36.8 Å². The van der Waals surface area contributed by atoms with Crippen LogP contribution in [0.3, 0.4) is 0 Å². The SMILES string of the molecule is CO[C@H]1CC[C@@]2(OC)CCN(C(=O)c3c[nH]c4ccc(C)cc4c3=O)[C@H]2C1. The van der Waals surface area contributed by atoms with Gasteiger partial charge >= 0.3 is 0 Å². The second-order valence-electron chi connectivity index (χ2n) is 7.75. The lowest BCUT2D eigenvalue weighted by atomic mass is 9.79. The van der Waals surface area contributed by atoms with E-state index in [4.69, 9.17) is 9.47 Å². The number of pyridine rings is 1. The summed E-state index contributed by atoms with van der Waals surface area (Å²) in [6, 6.07) is 5.58. The van der Waals surface area contributed by atoms with E-state index >= 15 is 0 Å². The Labute approximate surface area is 158 Å².